The van der Waals surface area contributed by atoms with E-state index in [-0.39, 0.29) is 42.4 Å². The van der Waals surface area contributed by atoms with Gasteiger partial charge < -0.3 is 14.1 Å². The van der Waals surface area contributed by atoms with Gasteiger partial charge >= 0.3 is 5.97 Å². The number of esters is 1. The molecule has 1 amide bonds. The van der Waals surface area contributed by atoms with Crippen LogP contribution in [0, 0.1) is 5.92 Å². The third kappa shape index (κ3) is 4.30. The number of nitrogens with zero attached hydrogens (tertiary/aromatic N) is 2. The van der Waals surface area contributed by atoms with Crippen molar-refractivity contribution in [2.75, 3.05) is 32.8 Å². The summed E-state index contributed by atoms with van der Waals surface area (Å²) in [6.07, 6.45) is 2.61. The monoisotopic (exact) mass is 410 g/mol. The van der Waals surface area contributed by atoms with Gasteiger partial charge in [-0.05, 0) is 44.7 Å². The number of carbonyl (C=O) groups is 2. The molecule has 3 rings (SSSR count). The first-order valence-corrected chi connectivity index (χ1v) is 11.0. The molecule has 154 valence electrons. The van der Waals surface area contributed by atoms with Crippen molar-refractivity contribution >= 4 is 21.9 Å². The number of piperidine rings is 2. The minimum Gasteiger partial charge on any atom is -0.460 e. The van der Waals surface area contributed by atoms with Crippen LogP contribution in [0.25, 0.3) is 0 Å². The molecule has 8 nitrogen and oxygen atoms in total. The molecule has 0 aliphatic carbocycles. The van der Waals surface area contributed by atoms with E-state index in [0.717, 1.165) is 12.8 Å². The minimum atomic E-state index is -3.85. The maximum Gasteiger partial charge on any atom is 0.374 e. The van der Waals surface area contributed by atoms with E-state index in [0.29, 0.717) is 25.9 Å². The number of ether oxygens (including phenoxy) is 1. The van der Waals surface area contributed by atoms with Crippen molar-refractivity contribution in [2.24, 2.45) is 5.92 Å². The molecule has 2 saturated heterocycles. The molecule has 2 aliphatic heterocycles. The van der Waals surface area contributed by atoms with E-state index in [1.807, 2.05) is 4.90 Å². The molecule has 28 heavy (non-hydrogen) atoms. The predicted molar refractivity (Wildman–Crippen MR) is 101 cm³/mol. The number of hydrogen-bond donors (Lipinski definition) is 0. The number of hydrogen-bond acceptors (Lipinski definition) is 6. The lowest BCUT2D eigenvalue weighted by atomic mass is 9.95. The Bertz CT molecular complexity index is 842. The van der Waals surface area contributed by atoms with Gasteiger partial charge in [0.2, 0.25) is 16.8 Å². The second kappa shape index (κ2) is 8.48. The Morgan fingerprint density at radius 1 is 1.18 bits per heavy atom. The van der Waals surface area contributed by atoms with Crippen molar-refractivity contribution in [1.29, 1.82) is 0 Å². The number of likely N-dealkylation sites (tertiary alicyclic amines) is 1. The first-order chi connectivity index (χ1) is 13.3. The minimum absolute atomic E-state index is 0.104. The van der Waals surface area contributed by atoms with Crippen LogP contribution in [0.4, 0.5) is 0 Å². The fourth-order valence-electron chi connectivity index (χ4n) is 3.54. The van der Waals surface area contributed by atoms with Crippen LogP contribution in [-0.2, 0) is 19.6 Å². The van der Waals surface area contributed by atoms with Crippen LogP contribution in [0.15, 0.2) is 33.8 Å². The normalized spacial score (nSPS) is 19.6. The average molecular weight is 410 g/mol. The summed E-state index contributed by atoms with van der Waals surface area (Å²) in [7, 11) is -3.85. The first kappa shape index (κ1) is 20.6. The Labute approximate surface area is 165 Å². The van der Waals surface area contributed by atoms with Crippen molar-refractivity contribution in [3.05, 3.63) is 30.0 Å². The number of amides is 1. The molecule has 0 saturated carbocycles. The maximum atomic E-state index is 12.8. The van der Waals surface area contributed by atoms with E-state index in [9.17, 15) is 18.0 Å². The lowest BCUT2D eigenvalue weighted by Gasteiger charge is -2.35. The zero-order valence-corrected chi connectivity index (χ0v) is 16.9. The van der Waals surface area contributed by atoms with Crippen LogP contribution >= 0.6 is 0 Å². The quantitative estimate of drug-likeness (QED) is 0.544. The van der Waals surface area contributed by atoms with E-state index >= 15 is 0 Å². The van der Waals surface area contributed by atoms with Crippen molar-refractivity contribution in [3.8, 4) is 0 Å². The molecule has 0 spiro atoms. The molecule has 0 bridgehead atoms. The Hall–Kier alpha value is -2.13. The van der Waals surface area contributed by atoms with E-state index < -0.39 is 16.0 Å². The fraction of sp³-hybridized carbons (Fsp3) is 0.579. The van der Waals surface area contributed by atoms with Gasteiger partial charge in [-0.2, -0.15) is 4.31 Å². The molecular formula is C19H26N2O6S. The Balaban J connectivity index is 1.60. The molecule has 0 atom stereocenters. The summed E-state index contributed by atoms with van der Waals surface area (Å²) >= 11 is 0. The van der Waals surface area contributed by atoms with E-state index in [1.165, 1.54) is 22.0 Å². The van der Waals surface area contributed by atoms with Gasteiger partial charge in [0.15, 0.2) is 0 Å². The van der Waals surface area contributed by atoms with Crippen LogP contribution in [0.1, 0.15) is 43.2 Å². The van der Waals surface area contributed by atoms with Crippen molar-refractivity contribution in [2.45, 2.75) is 37.7 Å². The third-order valence-corrected chi connectivity index (χ3v) is 7.01. The van der Waals surface area contributed by atoms with E-state index in [1.54, 1.807) is 6.92 Å². The second-order valence-electron chi connectivity index (χ2n) is 7.09. The summed E-state index contributed by atoms with van der Waals surface area (Å²) in [5.41, 5.74) is 1.17. The van der Waals surface area contributed by atoms with Gasteiger partial charge in [-0.1, -0.05) is 12.2 Å². The summed E-state index contributed by atoms with van der Waals surface area (Å²) in [6, 6.07) is 2.56. The summed E-state index contributed by atoms with van der Waals surface area (Å²) in [5, 5.41) is -0.283. The summed E-state index contributed by atoms with van der Waals surface area (Å²) < 4.78 is 36.9. The standard InChI is InChI=1S/C19H26N2O6S/c1-3-26-19(23)16-4-5-17(27-16)28(24,25)21-12-8-15(9-13-21)18(22)20-10-6-14(2)7-11-20/h4-5,15H,2-3,6-13H2,1H3. The molecule has 3 heterocycles. The topological polar surface area (TPSA) is 97.1 Å². The van der Waals surface area contributed by atoms with Crippen molar-refractivity contribution in [1.82, 2.24) is 9.21 Å². The first-order valence-electron chi connectivity index (χ1n) is 9.55. The fourth-order valence-corrected chi connectivity index (χ4v) is 4.92. The van der Waals surface area contributed by atoms with Crippen molar-refractivity contribution < 1.29 is 27.2 Å². The summed E-state index contributed by atoms with van der Waals surface area (Å²) in [4.78, 5) is 26.2. The molecule has 2 fully saturated rings. The van der Waals surface area contributed by atoms with Crippen LogP contribution in [0.2, 0.25) is 0 Å². The summed E-state index contributed by atoms with van der Waals surface area (Å²) in [5.74, 6) is -0.897. The van der Waals surface area contributed by atoms with Crippen LogP contribution in [0.5, 0.6) is 0 Å². The highest BCUT2D eigenvalue weighted by molar-refractivity contribution is 7.89. The highest BCUT2D eigenvalue weighted by atomic mass is 32.2. The lowest BCUT2D eigenvalue weighted by molar-refractivity contribution is -0.137. The van der Waals surface area contributed by atoms with Gasteiger partial charge in [0.05, 0.1) is 6.61 Å². The average Bonchev–Trinajstić information content (AvgIpc) is 3.20. The number of rotatable bonds is 5. The largest absolute Gasteiger partial charge is 0.460 e. The second-order valence-corrected chi connectivity index (χ2v) is 8.96. The highest BCUT2D eigenvalue weighted by Crippen LogP contribution is 2.27. The Morgan fingerprint density at radius 3 is 2.43 bits per heavy atom. The number of carbonyl (C=O) groups excluding carboxylic acids is 2. The van der Waals surface area contributed by atoms with Gasteiger partial charge in [-0.25, -0.2) is 13.2 Å². The lowest BCUT2D eigenvalue weighted by Crippen LogP contribution is -2.45. The molecule has 1 aromatic heterocycles. The SMILES string of the molecule is C=C1CCN(C(=O)C2CCN(S(=O)(=O)c3ccc(C(=O)OCC)o3)CC2)CC1. The molecular weight excluding hydrogens is 384 g/mol. The third-order valence-electron chi connectivity index (χ3n) is 5.24. The molecule has 0 radical (unpaired) electrons. The van der Waals surface area contributed by atoms with Gasteiger partial charge in [0.25, 0.3) is 10.0 Å². The molecule has 2 aliphatic rings. The number of sulfonamides is 1. The molecule has 0 unspecified atom stereocenters. The smallest absolute Gasteiger partial charge is 0.374 e. The van der Waals surface area contributed by atoms with Crippen LogP contribution in [-0.4, -0.2) is 62.3 Å². The zero-order chi connectivity index (χ0) is 20.3. The number of furan rings is 1. The molecule has 1 aromatic rings. The van der Waals surface area contributed by atoms with Crippen molar-refractivity contribution in [3.63, 3.8) is 0 Å². The van der Waals surface area contributed by atoms with Gasteiger partial charge in [0.1, 0.15) is 0 Å². The predicted octanol–water partition coefficient (Wildman–Crippen LogP) is 2.04. The highest BCUT2D eigenvalue weighted by Gasteiger charge is 2.36. The molecule has 0 aromatic carbocycles. The molecule has 9 heteroatoms. The van der Waals surface area contributed by atoms with Gasteiger partial charge in [-0.15, -0.1) is 0 Å². The molecule has 0 N–H and O–H groups in total. The van der Waals surface area contributed by atoms with Crippen LogP contribution < -0.4 is 0 Å². The Kier molecular flexibility index (Phi) is 6.24. The van der Waals surface area contributed by atoms with Gasteiger partial charge in [-0.3, -0.25) is 4.79 Å². The van der Waals surface area contributed by atoms with E-state index in [2.05, 4.69) is 6.58 Å². The van der Waals surface area contributed by atoms with Crippen LogP contribution in [0.3, 0.4) is 0 Å². The van der Waals surface area contributed by atoms with Gasteiger partial charge in [0, 0.05) is 32.1 Å². The zero-order valence-electron chi connectivity index (χ0n) is 16.1. The van der Waals surface area contributed by atoms with E-state index in [4.69, 9.17) is 9.15 Å². The maximum absolute atomic E-state index is 12.8. The Morgan fingerprint density at radius 2 is 1.82 bits per heavy atom. The summed E-state index contributed by atoms with van der Waals surface area (Å²) in [6.45, 7) is 7.67.